The highest BCUT2D eigenvalue weighted by molar-refractivity contribution is 5.80. The minimum Gasteiger partial charge on any atom is -0.369 e. The van der Waals surface area contributed by atoms with Crippen LogP contribution in [0.4, 0.5) is 4.39 Å². The molecule has 6 heteroatoms. The first-order chi connectivity index (χ1) is 11.0. The number of nitrogens with zero attached hydrogens (tertiary/aromatic N) is 3. The topological polar surface area (TPSA) is 47.4 Å². The molecule has 2 aromatic rings. The fourth-order valence-electron chi connectivity index (χ4n) is 2.20. The number of rotatable bonds is 7. The molecule has 0 unspecified atom stereocenters. The second-order valence-electron chi connectivity index (χ2n) is 5.48. The molecule has 23 heavy (non-hydrogen) atoms. The van der Waals surface area contributed by atoms with Gasteiger partial charge in [-0.15, -0.1) is 0 Å². The first-order valence-electron chi connectivity index (χ1n) is 7.67. The van der Waals surface area contributed by atoms with Crippen molar-refractivity contribution in [2.75, 3.05) is 13.7 Å². The smallest absolute Gasteiger partial charge is 0.251 e. The van der Waals surface area contributed by atoms with E-state index in [9.17, 15) is 9.18 Å². The molecule has 0 saturated heterocycles. The molecule has 0 saturated carbocycles. The van der Waals surface area contributed by atoms with E-state index < -0.39 is 6.10 Å². The largest absolute Gasteiger partial charge is 0.369 e. The lowest BCUT2D eigenvalue weighted by Gasteiger charge is -2.20. The first-order valence-corrected chi connectivity index (χ1v) is 7.67. The number of benzene rings is 1. The molecule has 124 valence electrons. The fourth-order valence-corrected chi connectivity index (χ4v) is 2.20. The zero-order chi connectivity index (χ0) is 16.8. The Morgan fingerprint density at radius 3 is 2.74 bits per heavy atom. The van der Waals surface area contributed by atoms with Gasteiger partial charge < -0.3 is 9.64 Å². The van der Waals surface area contributed by atoms with E-state index in [0.29, 0.717) is 13.2 Å². The highest BCUT2D eigenvalue weighted by atomic mass is 19.1. The van der Waals surface area contributed by atoms with Crippen molar-refractivity contribution in [3.05, 3.63) is 48.0 Å². The van der Waals surface area contributed by atoms with Crippen molar-refractivity contribution >= 4 is 5.91 Å². The van der Waals surface area contributed by atoms with Gasteiger partial charge in [0.1, 0.15) is 11.9 Å². The molecule has 1 aromatic heterocycles. The molecule has 1 heterocycles. The molecule has 0 N–H and O–H groups in total. The van der Waals surface area contributed by atoms with Crippen molar-refractivity contribution < 1.29 is 13.9 Å². The first kappa shape index (κ1) is 17.1. The highest BCUT2D eigenvalue weighted by Gasteiger charge is 2.18. The Morgan fingerprint density at radius 2 is 2.09 bits per heavy atom. The van der Waals surface area contributed by atoms with E-state index in [0.717, 1.165) is 17.7 Å². The Labute approximate surface area is 135 Å². The molecule has 1 atom stereocenters. The van der Waals surface area contributed by atoms with Crippen LogP contribution in [0.5, 0.6) is 0 Å². The van der Waals surface area contributed by atoms with E-state index in [1.54, 1.807) is 41.9 Å². The molecule has 0 spiro atoms. The zero-order valence-corrected chi connectivity index (χ0v) is 13.7. The van der Waals surface area contributed by atoms with Crippen LogP contribution >= 0.6 is 0 Å². The van der Waals surface area contributed by atoms with Gasteiger partial charge in [-0.25, -0.2) is 9.07 Å². The van der Waals surface area contributed by atoms with Crippen LogP contribution in [0.3, 0.4) is 0 Å². The van der Waals surface area contributed by atoms with Gasteiger partial charge in [-0.2, -0.15) is 5.10 Å². The number of hydrogen-bond donors (Lipinski definition) is 0. The summed E-state index contributed by atoms with van der Waals surface area (Å²) in [6.07, 6.45) is 3.96. The summed E-state index contributed by atoms with van der Waals surface area (Å²) < 4.78 is 20.1. The fraction of sp³-hybridized carbons (Fsp3) is 0.412. The van der Waals surface area contributed by atoms with Gasteiger partial charge in [-0.3, -0.25) is 4.79 Å². The van der Waals surface area contributed by atoms with E-state index in [1.165, 1.54) is 12.1 Å². The van der Waals surface area contributed by atoms with Crippen LogP contribution in [0.15, 0.2) is 36.7 Å². The lowest BCUT2D eigenvalue weighted by molar-refractivity contribution is -0.141. The Morgan fingerprint density at radius 1 is 1.39 bits per heavy atom. The third-order valence-corrected chi connectivity index (χ3v) is 3.44. The molecule has 1 amide bonds. The van der Waals surface area contributed by atoms with Gasteiger partial charge in [0.2, 0.25) is 0 Å². The number of hydrogen-bond acceptors (Lipinski definition) is 3. The molecular weight excluding hydrogens is 297 g/mol. The van der Waals surface area contributed by atoms with E-state index in [4.69, 9.17) is 4.74 Å². The molecular formula is C17H22FN3O2. The predicted molar refractivity (Wildman–Crippen MR) is 85.7 cm³/mol. The SMILES string of the molecule is CCCO[C@H](C)C(=O)N(C)Cc1cnn(-c2ccc(F)cc2)c1. The average molecular weight is 319 g/mol. The molecule has 0 aliphatic rings. The Hall–Kier alpha value is -2.21. The molecule has 1 aromatic carbocycles. The summed E-state index contributed by atoms with van der Waals surface area (Å²) in [5.41, 5.74) is 1.67. The second-order valence-corrected chi connectivity index (χ2v) is 5.48. The lowest BCUT2D eigenvalue weighted by atomic mass is 10.3. The predicted octanol–water partition coefficient (Wildman–Crippen LogP) is 2.78. The molecule has 5 nitrogen and oxygen atoms in total. The third-order valence-electron chi connectivity index (χ3n) is 3.44. The Bertz CT molecular complexity index is 640. The number of aromatic nitrogens is 2. The molecule has 0 bridgehead atoms. The van der Waals surface area contributed by atoms with Gasteiger partial charge in [-0.1, -0.05) is 6.92 Å². The normalized spacial score (nSPS) is 12.2. The number of carbonyl (C=O) groups excluding carboxylic acids is 1. The average Bonchev–Trinajstić information content (AvgIpc) is 3.00. The van der Waals surface area contributed by atoms with Crippen molar-refractivity contribution in [1.82, 2.24) is 14.7 Å². The van der Waals surface area contributed by atoms with E-state index >= 15 is 0 Å². The van der Waals surface area contributed by atoms with Gasteiger partial charge >= 0.3 is 0 Å². The van der Waals surface area contributed by atoms with Crippen LogP contribution in [0.2, 0.25) is 0 Å². The Balaban J connectivity index is 1.98. The highest BCUT2D eigenvalue weighted by Crippen LogP contribution is 2.11. The van der Waals surface area contributed by atoms with Crippen molar-refractivity contribution in [3.63, 3.8) is 0 Å². The van der Waals surface area contributed by atoms with Crippen molar-refractivity contribution in [2.45, 2.75) is 32.9 Å². The number of amides is 1. The third kappa shape index (κ3) is 4.63. The molecule has 0 fully saturated rings. The number of likely N-dealkylation sites (N-methyl/N-ethyl adjacent to an activating group) is 1. The van der Waals surface area contributed by atoms with Gasteiger partial charge in [0.15, 0.2) is 0 Å². The minimum absolute atomic E-state index is 0.0621. The molecule has 0 aliphatic heterocycles. The van der Waals surface area contributed by atoms with Crippen LogP contribution in [0.25, 0.3) is 5.69 Å². The van der Waals surface area contributed by atoms with Crippen molar-refractivity contribution in [2.24, 2.45) is 0 Å². The maximum Gasteiger partial charge on any atom is 0.251 e. The molecule has 2 rings (SSSR count). The number of ether oxygens (including phenoxy) is 1. The van der Waals surface area contributed by atoms with Gasteiger partial charge in [0, 0.05) is 32.0 Å². The van der Waals surface area contributed by atoms with Gasteiger partial charge in [0.25, 0.3) is 5.91 Å². The standard InChI is InChI=1S/C17H22FN3O2/c1-4-9-23-13(2)17(22)20(3)11-14-10-19-21(12-14)16-7-5-15(18)6-8-16/h5-8,10,12-13H,4,9,11H2,1-3H3/t13-/m1/s1. The summed E-state index contributed by atoms with van der Waals surface area (Å²) in [7, 11) is 1.74. The summed E-state index contributed by atoms with van der Waals surface area (Å²) in [6.45, 7) is 4.78. The van der Waals surface area contributed by atoms with Crippen LogP contribution in [0, 0.1) is 5.82 Å². The van der Waals surface area contributed by atoms with E-state index in [1.807, 2.05) is 13.1 Å². The van der Waals surface area contributed by atoms with Gasteiger partial charge in [0.05, 0.1) is 11.9 Å². The van der Waals surface area contributed by atoms with Crippen LogP contribution in [0.1, 0.15) is 25.8 Å². The number of carbonyl (C=O) groups is 1. The maximum atomic E-state index is 12.9. The Kier molecular flexibility index (Phi) is 5.87. The second kappa shape index (κ2) is 7.87. The zero-order valence-electron chi connectivity index (χ0n) is 13.7. The summed E-state index contributed by atoms with van der Waals surface area (Å²) in [4.78, 5) is 13.8. The van der Waals surface area contributed by atoms with Crippen LogP contribution < -0.4 is 0 Å². The lowest BCUT2D eigenvalue weighted by Crippen LogP contribution is -2.36. The number of halogens is 1. The maximum absolute atomic E-state index is 12.9. The quantitative estimate of drug-likeness (QED) is 0.788. The molecule has 0 aliphatic carbocycles. The van der Waals surface area contributed by atoms with Crippen LogP contribution in [-0.2, 0) is 16.1 Å². The summed E-state index contributed by atoms with van der Waals surface area (Å²) in [5.74, 6) is -0.347. The summed E-state index contributed by atoms with van der Waals surface area (Å²) in [5, 5.41) is 4.25. The van der Waals surface area contributed by atoms with Crippen molar-refractivity contribution in [1.29, 1.82) is 0 Å². The summed E-state index contributed by atoms with van der Waals surface area (Å²) in [6, 6.07) is 6.08. The molecule has 0 radical (unpaired) electrons. The minimum atomic E-state index is -0.452. The monoisotopic (exact) mass is 319 g/mol. The van der Waals surface area contributed by atoms with Crippen molar-refractivity contribution in [3.8, 4) is 5.69 Å². The van der Waals surface area contributed by atoms with Gasteiger partial charge in [-0.05, 0) is 37.6 Å². The summed E-state index contributed by atoms with van der Waals surface area (Å²) >= 11 is 0. The van der Waals surface area contributed by atoms with E-state index in [-0.39, 0.29) is 11.7 Å². The van der Waals surface area contributed by atoms with E-state index in [2.05, 4.69) is 5.10 Å². The van der Waals surface area contributed by atoms with Crippen LogP contribution in [-0.4, -0.2) is 40.3 Å².